The topological polar surface area (TPSA) is 316 Å². The van der Waals surface area contributed by atoms with E-state index in [4.69, 9.17) is 43.0 Å². The highest BCUT2D eigenvalue weighted by atomic mass is 32.2. The molecule has 590 valence electrons. The molecule has 6 aromatic rings. The van der Waals surface area contributed by atoms with Crippen molar-refractivity contribution in [1.29, 1.82) is 0 Å². The van der Waals surface area contributed by atoms with E-state index in [1.807, 2.05) is 101 Å². The summed E-state index contributed by atoms with van der Waals surface area (Å²) < 4.78 is 106. The van der Waals surface area contributed by atoms with Gasteiger partial charge in [0.2, 0.25) is 24.1 Å². The number of nitrogens with zero attached hydrogens (tertiary/aromatic N) is 2. The number of carbonyl (C=O) groups excluding carboxylic acids is 4. The van der Waals surface area contributed by atoms with Crippen molar-refractivity contribution in [3.05, 3.63) is 264 Å². The van der Waals surface area contributed by atoms with Crippen LogP contribution in [0.1, 0.15) is 146 Å². The molecule has 6 atom stereocenters. The summed E-state index contributed by atoms with van der Waals surface area (Å²) in [7, 11) is 0.444. The van der Waals surface area contributed by atoms with Crippen LogP contribution >= 0.6 is 0 Å². The monoisotopic (exact) mass is 1540 g/mol. The fraction of sp³-hybridized carbons (Fsp3) is 0.358. The molecular formula is C81H99F3N4O20S. The molecule has 28 heteroatoms. The first-order valence-electron chi connectivity index (χ1n) is 34.2. The molecule has 0 saturated heterocycles. The molecule has 6 unspecified atom stereocenters. The van der Waals surface area contributed by atoms with E-state index in [2.05, 4.69) is 52.3 Å². The van der Waals surface area contributed by atoms with Gasteiger partial charge in [0.15, 0.2) is 39.7 Å². The maximum absolute atomic E-state index is 12.7. The first-order valence-corrected chi connectivity index (χ1v) is 35.6. The van der Waals surface area contributed by atoms with Crippen LogP contribution in [0.15, 0.2) is 177 Å². The summed E-state index contributed by atoms with van der Waals surface area (Å²) in [6.07, 6.45) is 22.6. The number of allylic oxidation sites excluding steroid dienone is 5. The lowest BCUT2D eigenvalue weighted by molar-refractivity contribution is -0.526. The largest absolute Gasteiger partial charge is 0.534 e. The molecule has 2 amide bonds. The Bertz CT molecular complexity index is 4190. The van der Waals surface area contributed by atoms with Crippen molar-refractivity contribution >= 4 is 40.6 Å². The molecule has 109 heavy (non-hydrogen) atoms. The van der Waals surface area contributed by atoms with E-state index >= 15 is 0 Å². The molecule has 3 aliphatic rings. The summed E-state index contributed by atoms with van der Waals surface area (Å²) in [5.41, 5.74) is 4.12. The molecule has 6 aromatic carbocycles. The van der Waals surface area contributed by atoms with Crippen molar-refractivity contribution in [1.82, 2.24) is 10.6 Å². The lowest BCUT2D eigenvalue weighted by atomic mass is 9.82. The molecule has 9 rings (SSSR count). The van der Waals surface area contributed by atoms with Gasteiger partial charge in [0.1, 0.15) is 34.5 Å². The second kappa shape index (κ2) is 48.5. The number of ether oxygens (including phenoxy) is 8. The Balaban J connectivity index is 0.000000342. The molecule has 0 heterocycles. The SMILES string of the molecule is C=CC=C.CC(=O)NC1CC=CCC1c1ccc(C)cc1OS(=O)(=O)C(F)(F)F.COCOc1cc(C)ccc1/C=C/[N+](=O)[O-].COCOc1cc(C)ccc1C1CC=CCC1NC(C)=O.COCOc1cc(C)ccc1C1CC=CCC1[N+](=O)[O-].COCOc1cc(C)ccc1C=O.Cc1ccc(C=O)c(O)c1. The highest BCUT2D eigenvalue weighted by molar-refractivity contribution is 7.88. The van der Waals surface area contributed by atoms with E-state index < -0.39 is 32.5 Å². The van der Waals surface area contributed by atoms with Gasteiger partial charge in [-0.2, -0.15) is 21.6 Å². The van der Waals surface area contributed by atoms with Crippen molar-refractivity contribution in [3.8, 4) is 34.5 Å². The first kappa shape index (κ1) is 92.4. The number of aldehydes is 2. The number of amides is 2. The Morgan fingerprint density at radius 3 is 1.21 bits per heavy atom. The summed E-state index contributed by atoms with van der Waals surface area (Å²) in [6.45, 7) is 21.6. The number of methoxy groups -OCH3 is 4. The predicted molar refractivity (Wildman–Crippen MR) is 411 cm³/mol. The molecule has 24 nitrogen and oxygen atoms in total. The molecule has 0 bridgehead atoms. The number of benzene rings is 6. The molecule has 0 spiro atoms. The zero-order chi connectivity index (χ0) is 81.2. The number of hydrogen-bond donors (Lipinski definition) is 3. The Kier molecular flexibility index (Phi) is 41.1. The van der Waals surface area contributed by atoms with Crippen LogP contribution in [0.25, 0.3) is 6.08 Å². The normalized spacial score (nSPS) is 16.6. The van der Waals surface area contributed by atoms with Crippen LogP contribution in [0, 0.1) is 61.8 Å². The number of nitro groups is 2. The van der Waals surface area contributed by atoms with E-state index in [1.165, 1.54) is 39.4 Å². The van der Waals surface area contributed by atoms with Gasteiger partial charge in [-0.05, 0) is 161 Å². The van der Waals surface area contributed by atoms with E-state index in [9.17, 15) is 61.0 Å². The third kappa shape index (κ3) is 32.7. The zero-order valence-electron chi connectivity index (χ0n) is 63.4. The van der Waals surface area contributed by atoms with E-state index in [-0.39, 0.29) is 79.3 Å². The quantitative estimate of drug-likeness (QED) is 0.00701. The second-order valence-electron chi connectivity index (χ2n) is 24.9. The number of carbonyl (C=O) groups is 4. The summed E-state index contributed by atoms with van der Waals surface area (Å²) in [4.78, 5) is 64.3. The van der Waals surface area contributed by atoms with Crippen molar-refractivity contribution in [2.24, 2.45) is 0 Å². The number of phenols is 1. The van der Waals surface area contributed by atoms with Crippen LogP contribution in [0.2, 0.25) is 0 Å². The van der Waals surface area contributed by atoms with Gasteiger partial charge in [0.05, 0.1) is 22.0 Å². The van der Waals surface area contributed by atoms with Gasteiger partial charge in [0, 0.05) is 100 Å². The van der Waals surface area contributed by atoms with Gasteiger partial charge in [0.25, 0.3) is 0 Å². The molecule has 0 radical (unpaired) electrons. The number of nitrogens with one attached hydrogen (secondary N) is 2. The number of halogens is 3. The maximum atomic E-state index is 12.7. The van der Waals surface area contributed by atoms with Gasteiger partial charge in [-0.3, -0.25) is 39.4 Å². The number of hydrogen-bond acceptors (Lipinski definition) is 20. The van der Waals surface area contributed by atoms with Gasteiger partial charge in [-0.15, -0.1) is 0 Å². The van der Waals surface area contributed by atoms with Crippen LogP contribution in [-0.2, 0) is 38.7 Å². The molecule has 3 N–H and O–H groups in total. The van der Waals surface area contributed by atoms with E-state index in [0.29, 0.717) is 77.0 Å². The Hall–Kier alpha value is -10.8. The summed E-state index contributed by atoms with van der Waals surface area (Å²) in [5, 5.41) is 36.3. The minimum absolute atomic E-state index is 0.00627. The lowest BCUT2D eigenvalue weighted by Crippen LogP contribution is -2.39. The number of alkyl halides is 3. The number of phenolic OH excluding ortho intramolecular Hbond substituents is 1. The van der Waals surface area contributed by atoms with Crippen molar-refractivity contribution in [3.63, 3.8) is 0 Å². The minimum Gasteiger partial charge on any atom is -0.507 e. The average Bonchev–Trinajstić information content (AvgIpc) is 0.778. The summed E-state index contributed by atoms with van der Waals surface area (Å²) >= 11 is 0. The number of rotatable bonds is 25. The number of aromatic hydroxyl groups is 1. The molecule has 0 fully saturated rings. The molecule has 0 aliphatic heterocycles. The van der Waals surface area contributed by atoms with Crippen molar-refractivity contribution in [2.75, 3.05) is 55.6 Å². The highest BCUT2D eigenvalue weighted by Crippen LogP contribution is 2.41. The lowest BCUT2D eigenvalue weighted by Gasteiger charge is -2.30. The van der Waals surface area contributed by atoms with Gasteiger partial charge >= 0.3 is 15.6 Å². The standard InChI is InChI=1S/C17H23NO3.C16H18F3NO4S.C15H19NO4.C11H13NO4.C10H12O3.C8H8O2.C4H6/c1-12-8-9-15(17(10-12)21-11-20-3)14-6-4-5-7-16(14)18-13(2)19;1-10-7-8-13(12-5-3-4-6-14(12)20-11(2)21)15(9-10)24-25(22,23)16(17,18)19;1-11-7-8-13(15(9-11)20-10-19-2)12-5-3-4-6-14(12)16(17)18;1-9-3-4-10(5-6-12(13)14)11(7-9)16-8-15-2;1-8-3-4-9(6-11)10(5-8)13-7-12-2;1-6-2-3-7(5-9)8(10)4-6;1-3-4-2/h4-5,8-10,14,16H,6-7,11H2,1-3H3,(H,18,19);3-4,7-9,12,14H,5-6H2,1-2H3,(H,20,21);3-4,7-9,12,14H,5-6,10H2,1-2H3;3-7H,8H2,1-2H3;3-6H,7H2,1-2H3;2-5,10H,1H3;3-4H,1-2H2/b;;;6-5+;;;. The fourth-order valence-electron chi connectivity index (χ4n) is 11.0. The van der Waals surface area contributed by atoms with Crippen molar-refractivity contribution < 1.29 is 97.8 Å². The average molecular weight is 1540 g/mol. The molecular weight excluding hydrogens is 1440 g/mol. The van der Waals surface area contributed by atoms with Gasteiger partial charge in [-0.25, -0.2) is 0 Å². The smallest absolute Gasteiger partial charge is 0.507 e. The summed E-state index contributed by atoms with van der Waals surface area (Å²) in [5.74, 6) is 1.75. The molecule has 0 aromatic heterocycles. The zero-order valence-corrected chi connectivity index (χ0v) is 64.2. The number of aryl methyl sites for hydroxylation is 6. The van der Waals surface area contributed by atoms with Crippen LogP contribution in [0.3, 0.4) is 0 Å². The summed E-state index contributed by atoms with van der Waals surface area (Å²) in [6, 6.07) is 31.4. The van der Waals surface area contributed by atoms with E-state index in [1.54, 1.807) is 82.7 Å². The fourth-order valence-corrected chi connectivity index (χ4v) is 11.5. The Morgan fingerprint density at radius 2 is 0.835 bits per heavy atom. The molecule has 0 saturated carbocycles. The third-order valence-electron chi connectivity index (χ3n) is 16.1. The third-order valence-corrected chi connectivity index (χ3v) is 17.1. The van der Waals surface area contributed by atoms with Crippen LogP contribution < -0.4 is 33.8 Å². The van der Waals surface area contributed by atoms with Gasteiger partial charge < -0.3 is 57.8 Å². The van der Waals surface area contributed by atoms with Crippen LogP contribution in [0.4, 0.5) is 13.2 Å². The minimum atomic E-state index is -5.77. The maximum Gasteiger partial charge on any atom is 0.534 e. The Labute approximate surface area is 635 Å². The second-order valence-corrected chi connectivity index (χ2v) is 26.4. The van der Waals surface area contributed by atoms with Crippen molar-refractivity contribution in [2.45, 2.75) is 135 Å². The molecule has 3 aliphatic carbocycles. The highest BCUT2D eigenvalue weighted by Gasteiger charge is 2.49. The predicted octanol–water partition coefficient (Wildman–Crippen LogP) is 16.0. The van der Waals surface area contributed by atoms with Gasteiger partial charge in [-0.1, -0.05) is 122 Å². The Morgan fingerprint density at radius 1 is 0.505 bits per heavy atom. The van der Waals surface area contributed by atoms with E-state index in [0.717, 1.165) is 70.0 Å². The van der Waals surface area contributed by atoms with Crippen LogP contribution in [-0.4, -0.2) is 127 Å². The first-order chi connectivity index (χ1) is 51.8. The van der Waals surface area contributed by atoms with Crippen LogP contribution in [0.5, 0.6) is 34.5 Å².